The van der Waals surface area contributed by atoms with Gasteiger partial charge in [0.25, 0.3) is 0 Å². The first-order chi connectivity index (χ1) is 13.3. The summed E-state index contributed by atoms with van der Waals surface area (Å²) in [6, 6.07) is 9.41. The Hall–Kier alpha value is -2.23. The van der Waals surface area contributed by atoms with E-state index in [0.29, 0.717) is 36.3 Å². The van der Waals surface area contributed by atoms with Crippen molar-refractivity contribution in [2.45, 2.75) is 30.8 Å². The van der Waals surface area contributed by atoms with Gasteiger partial charge in [-0.1, -0.05) is 30.3 Å². The SMILES string of the molecule is Cn1c(C(F)(F)F)nn(C2CCN(C(=O)CSCc3ccccc3)CC2)c1=O. The largest absolute Gasteiger partial charge is 0.451 e. The quantitative estimate of drug-likeness (QED) is 0.755. The number of carbonyl (C=O) groups excluding carboxylic acids is 1. The molecule has 2 heterocycles. The molecule has 152 valence electrons. The number of aromatic nitrogens is 3. The van der Waals surface area contributed by atoms with Gasteiger partial charge in [-0.15, -0.1) is 16.9 Å². The summed E-state index contributed by atoms with van der Waals surface area (Å²) < 4.78 is 40.2. The number of piperidine rings is 1. The molecule has 0 aliphatic carbocycles. The van der Waals surface area contributed by atoms with Gasteiger partial charge in [0.2, 0.25) is 11.7 Å². The second kappa shape index (κ2) is 8.42. The van der Waals surface area contributed by atoms with Crippen molar-refractivity contribution in [1.29, 1.82) is 0 Å². The van der Waals surface area contributed by atoms with E-state index in [4.69, 9.17) is 0 Å². The van der Waals surface area contributed by atoms with Gasteiger partial charge in [0.15, 0.2) is 0 Å². The number of rotatable bonds is 5. The molecule has 1 aromatic heterocycles. The zero-order valence-electron chi connectivity index (χ0n) is 15.4. The maximum Gasteiger partial charge on any atom is 0.451 e. The van der Waals surface area contributed by atoms with Crippen molar-refractivity contribution < 1.29 is 18.0 Å². The summed E-state index contributed by atoms with van der Waals surface area (Å²) in [7, 11) is 1.07. The van der Waals surface area contributed by atoms with Gasteiger partial charge < -0.3 is 4.90 Å². The highest BCUT2D eigenvalue weighted by Crippen LogP contribution is 2.28. The van der Waals surface area contributed by atoms with E-state index in [1.54, 1.807) is 4.90 Å². The van der Waals surface area contributed by atoms with Crippen LogP contribution >= 0.6 is 11.8 Å². The molecule has 1 aliphatic rings. The number of halogens is 3. The molecule has 2 aromatic rings. The Morgan fingerprint density at radius 2 is 1.86 bits per heavy atom. The minimum absolute atomic E-state index is 0.00345. The van der Waals surface area contributed by atoms with Crippen LogP contribution < -0.4 is 5.69 Å². The van der Waals surface area contributed by atoms with Gasteiger partial charge in [0, 0.05) is 25.9 Å². The number of hydrogen-bond donors (Lipinski definition) is 0. The number of hydrogen-bond acceptors (Lipinski definition) is 4. The molecule has 28 heavy (non-hydrogen) atoms. The highest BCUT2D eigenvalue weighted by atomic mass is 32.2. The monoisotopic (exact) mass is 414 g/mol. The summed E-state index contributed by atoms with van der Waals surface area (Å²) in [5.41, 5.74) is 0.365. The summed E-state index contributed by atoms with van der Waals surface area (Å²) in [5.74, 6) is -0.106. The van der Waals surface area contributed by atoms with Crippen molar-refractivity contribution in [3.05, 3.63) is 52.2 Å². The Bertz CT molecular complexity index is 871. The Morgan fingerprint density at radius 3 is 2.43 bits per heavy atom. The normalized spacial score (nSPS) is 15.8. The van der Waals surface area contributed by atoms with Crippen LogP contribution in [0.5, 0.6) is 0 Å². The average Bonchev–Trinajstić information content (AvgIpc) is 2.98. The number of nitrogens with zero attached hydrogens (tertiary/aromatic N) is 4. The van der Waals surface area contributed by atoms with Crippen molar-refractivity contribution in [2.24, 2.45) is 7.05 Å². The van der Waals surface area contributed by atoms with E-state index in [2.05, 4.69) is 5.10 Å². The molecular formula is C18H21F3N4O2S. The summed E-state index contributed by atoms with van der Waals surface area (Å²) in [4.78, 5) is 26.2. The van der Waals surface area contributed by atoms with Crippen molar-refractivity contribution >= 4 is 17.7 Å². The second-order valence-corrected chi connectivity index (χ2v) is 7.68. The Balaban J connectivity index is 1.53. The maximum atomic E-state index is 12.9. The molecule has 0 atom stereocenters. The lowest BCUT2D eigenvalue weighted by Gasteiger charge is -2.31. The molecule has 0 bridgehead atoms. The topological polar surface area (TPSA) is 60.1 Å². The van der Waals surface area contributed by atoms with E-state index < -0.39 is 23.7 Å². The van der Waals surface area contributed by atoms with Gasteiger partial charge in [0.1, 0.15) is 0 Å². The van der Waals surface area contributed by atoms with Crippen LogP contribution in [-0.2, 0) is 23.8 Å². The maximum absolute atomic E-state index is 12.9. The number of likely N-dealkylation sites (tertiary alicyclic amines) is 1. The zero-order chi connectivity index (χ0) is 20.3. The molecule has 10 heteroatoms. The van der Waals surface area contributed by atoms with Gasteiger partial charge in [-0.05, 0) is 18.4 Å². The van der Waals surface area contributed by atoms with Crippen LogP contribution in [0.1, 0.15) is 30.3 Å². The number of alkyl halides is 3. The van der Waals surface area contributed by atoms with Crippen LogP contribution in [-0.4, -0.2) is 44.0 Å². The fraction of sp³-hybridized carbons (Fsp3) is 0.500. The molecule has 1 saturated heterocycles. The fourth-order valence-electron chi connectivity index (χ4n) is 3.22. The lowest BCUT2D eigenvalue weighted by atomic mass is 10.1. The predicted octanol–water partition coefficient (Wildman–Crippen LogP) is 2.70. The van der Waals surface area contributed by atoms with Crippen LogP contribution in [0.25, 0.3) is 0 Å². The Morgan fingerprint density at radius 1 is 1.21 bits per heavy atom. The van der Waals surface area contributed by atoms with Crippen molar-refractivity contribution in [3.8, 4) is 0 Å². The van der Waals surface area contributed by atoms with E-state index in [9.17, 15) is 22.8 Å². The third-order valence-corrected chi connectivity index (χ3v) is 5.75. The molecule has 0 spiro atoms. The second-order valence-electron chi connectivity index (χ2n) is 6.70. The summed E-state index contributed by atoms with van der Waals surface area (Å²) in [6.07, 6.45) is -3.86. The molecule has 1 aromatic carbocycles. The predicted molar refractivity (Wildman–Crippen MR) is 99.9 cm³/mol. The summed E-state index contributed by atoms with van der Waals surface area (Å²) >= 11 is 1.53. The first kappa shape index (κ1) is 20.5. The highest BCUT2D eigenvalue weighted by molar-refractivity contribution is 7.99. The van der Waals surface area contributed by atoms with E-state index in [1.807, 2.05) is 30.3 Å². The summed E-state index contributed by atoms with van der Waals surface area (Å²) in [6.45, 7) is 0.805. The smallest absolute Gasteiger partial charge is 0.342 e. The Labute approximate surface area is 164 Å². The third-order valence-electron chi connectivity index (χ3n) is 4.76. The lowest BCUT2D eigenvalue weighted by molar-refractivity contribution is -0.147. The number of amides is 1. The van der Waals surface area contributed by atoms with E-state index in [0.717, 1.165) is 23.0 Å². The van der Waals surface area contributed by atoms with Gasteiger partial charge in [0.05, 0.1) is 11.8 Å². The molecule has 1 aliphatic heterocycles. The van der Waals surface area contributed by atoms with Gasteiger partial charge >= 0.3 is 11.9 Å². The van der Waals surface area contributed by atoms with Crippen molar-refractivity contribution in [3.63, 3.8) is 0 Å². The highest BCUT2D eigenvalue weighted by Gasteiger charge is 2.39. The van der Waals surface area contributed by atoms with E-state index >= 15 is 0 Å². The molecule has 6 nitrogen and oxygen atoms in total. The minimum Gasteiger partial charge on any atom is -0.342 e. The third kappa shape index (κ3) is 4.60. The lowest BCUT2D eigenvalue weighted by Crippen LogP contribution is -2.42. The minimum atomic E-state index is -4.67. The zero-order valence-corrected chi connectivity index (χ0v) is 16.2. The van der Waals surface area contributed by atoms with Crippen molar-refractivity contribution in [2.75, 3.05) is 18.8 Å². The molecule has 0 saturated carbocycles. The van der Waals surface area contributed by atoms with Crippen LogP contribution in [0.15, 0.2) is 35.1 Å². The van der Waals surface area contributed by atoms with Crippen molar-refractivity contribution in [1.82, 2.24) is 19.2 Å². The van der Waals surface area contributed by atoms with Crippen LogP contribution in [0.4, 0.5) is 13.2 Å². The van der Waals surface area contributed by atoms with E-state index in [-0.39, 0.29) is 5.91 Å². The standard InChI is InChI=1S/C18H21F3N4O2S/c1-23-16(18(19,20)21)22-25(17(23)27)14-7-9-24(10-8-14)15(26)12-28-11-13-5-3-2-4-6-13/h2-6,14H,7-12H2,1H3. The first-order valence-electron chi connectivity index (χ1n) is 8.89. The molecular weight excluding hydrogens is 393 g/mol. The van der Waals surface area contributed by atoms with Crippen LogP contribution in [0, 0.1) is 0 Å². The van der Waals surface area contributed by atoms with Crippen LogP contribution in [0.2, 0.25) is 0 Å². The number of thioether (sulfide) groups is 1. The molecule has 0 N–H and O–H groups in total. The molecule has 0 unspecified atom stereocenters. The molecule has 3 rings (SSSR count). The van der Waals surface area contributed by atoms with Crippen LogP contribution in [0.3, 0.4) is 0 Å². The molecule has 1 amide bonds. The number of benzene rings is 1. The van der Waals surface area contributed by atoms with Gasteiger partial charge in [-0.25, -0.2) is 9.48 Å². The summed E-state index contributed by atoms with van der Waals surface area (Å²) in [5, 5.41) is 3.49. The molecule has 0 radical (unpaired) electrons. The fourth-order valence-corrected chi connectivity index (χ4v) is 4.11. The average molecular weight is 414 g/mol. The number of carbonyl (C=O) groups is 1. The Kier molecular flexibility index (Phi) is 6.17. The first-order valence-corrected chi connectivity index (χ1v) is 10.0. The molecule has 1 fully saturated rings. The van der Waals surface area contributed by atoms with E-state index in [1.165, 1.54) is 11.8 Å². The van der Waals surface area contributed by atoms with Gasteiger partial charge in [-0.2, -0.15) is 13.2 Å². The van der Waals surface area contributed by atoms with Gasteiger partial charge in [-0.3, -0.25) is 9.36 Å².